The van der Waals surface area contributed by atoms with E-state index in [1.165, 1.54) is 5.56 Å². The number of nitrogens with one attached hydrogen (secondary N) is 1. The van der Waals surface area contributed by atoms with Gasteiger partial charge in [-0.25, -0.2) is 0 Å². The minimum absolute atomic E-state index is 0.0282. The Bertz CT molecular complexity index is 809. The Labute approximate surface area is 171 Å². The van der Waals surface area contributed by atoms with Gasteiger partial charge >= 0.3 is 5.97 Å². The quantitative estimate of drug-likeness (QED) is 0.592. The van der Waals surface area contributed by atoms with Gasteiger partial charge in [-0.1, -0.05) is 45.0 Å². The van der Waals surface area contributed by atoms with Crippen molar-refractivity contribution in [2.75, 3.05) is 13.2 Å². The first-order valence-corrected chi connectivity index (χ1v) is 9.67. The van der Waals surface area contributed by atoms with Gasteiger partial charge in [-0.3, -0.25) is 9.59 Å². The molecule has 2 N–H and O–H groups in total. The summed E-state index contributed by atoms with van der Waals surface area (Å²) in [5, 5.41) is 11.3. The average Bonchev–Trinajstić information content (AvgIpc) is 2.68. The summed E-state index contributed by atoms with van der Waals surface area (Å²) in [6.45, 7) is 7.66. The van der Waals surface area contributed by atoms with Crippen LogP contribution in [0.25, 0.3) is 0 Å². The van der Waals surface area contributed by atoms with Crippen LogP contribution in [0, 0.1) is 0 Å². The molecule has 0 radical (unpaired) electrons. The van der Waals surface area contributed by atoms with Gasteiger partial charge in [-0.05, 0) is 40.8 Å². The smallest absolute Gasteiger partial charge is 0.303 e. The largest absolute Gasteiger partial charge is 0.490 e. The Hall–Kier alpha value is -3.02. The van der Waals surface area contributed by atoms with E-state index in [0.29, 0.717) is 25.5 Å². The number of aliphatic carboxylic acids is 1. The van der Waals surface area contributed by atoms with Crippen molar-refractivity contribution in [3.05, 3.63) is 59.7 Å². The van der Waals surface area contributed by atoms with Gasteiger partial charge in [0.25, 0.3) is 0 Å². The molecule has 2 aromatic carbocycles. The van der Waals surface area contributed by atoms with Gasteiger partial charge < -0.3 is 19.9 Å². The lowest BCUT2D eigenvalue weighted by molar-refractivity contribution is -0.138. The van der Waals surface area contributed by atoms with Crippen molar-refractivity contribution < 1.29 is 24.2 Å². The lowest BCUT2D eigenvalue weighted by atomic mass is 9.87. The molecule has 6 heteroatoms. The Kier molecular flexibility index (Phi) is 8.07. The van der Waals surface area contributed by atoms with Gasteiger partial charge in [0.1, 0.15) is 24.7 Å². The zero-order chi connectivity index (χ0) is 21.3. The Morgan fingerprint density at radius 2 is 1.59 bits per heavy atom. The van der Waals surface area contributed by atoms with Crippen LogP contribution in [-0.4, -0.2) is 30.2 Å². The second-order valence-corrected chi connectivity index (χ2v) is 7.79. The van der Waals surface area contributed by atoms with Crippen LogP contribution in [0.3, 0.4) is 0 Å². The summed E-state index contributed by atoms with van der Waals surface area (Å²) in [5.74, 6) is 0.223. The van der Waals surface area contributed by atoms with Gasteiger partial charge in [-0.2, -0.15) is 0 Å². The molecule has 0 unspecified atom stereocenters. The van der Waals surface area contributed by atoms with Gasteiger partial charge in [0.15, 0.2) is 0 Å². The molecule has 0 aliphatic carbocycles. The third-order valence-corrected chi connectivity index (χ3v) is 4.30. The first-order valence-electron chi connectivity index (χ1n) is 9.67. The van der Waals surface area contributed by atoms with Crippen molar-refractivity contribution in [2.45, 2.75) is 45.6 Å². The van der Waals surface area contributed by atoms with E-state index in [1.807, 2.05) is 36.4 Å². The number of benzene rings is 2. The van der Waals surface area contributed by atoms with Crippen LogP contribution in [0.5, 0.6) is 11.5 Å². The molecule has 156 valence electrons. The molecule has 0 spiro atoms. The molecule has 0 saturated heterocycles. The lowest BCUT2D eigenvalue weighted by Crippen LogP contribution is -2.23. The number of carbonyl (C=O) groups is 2. The molecular weight excluding hydrogens is 370 g/mol. The van der Waals surface area contributed by atoms with Crippen LogP contribution in [0.1, 0.15) is 44.7 Å². The fourth-order valence-electron chi connectivity index (χ4n) is 2.62. The standard InChI is InChI=1S/C23H29NO5/c1-23(2,3)18-7-9-19(10-8-18)28-13-14-29-20-6-4-5-17(15-20)16-24-21(25)11-12-22(26)27/h4-10,15H,11-14,16H2,1-3H3,(H,24,25)(H,26,27). The molecule has 0 heterocycles. The van der Waals surface area contributed by atoms with Crippen LogP contribution in [0.2, 0.25) is 0 Å². The predicted octanol–water partition coefficient (Wildman–Crippen LogP) is 3.92. The van der Waals surface area contributed by atoms with Gasteiger partial charge in [-0.15, -0.1) is 0 Å². The van der Waals surface area contributed by atoms with E-state index in [0.717, 1.165) is 11.3 Å². The summed E-state index contributed by atoms with van der Waals surface area (Å²) < 4.78 is 11.4. The van der Waals surface area contributed by atoms with E-state index in [1.54, 1.807) is 0 Å². The minimum Gasteiger partial charge on any atom is -0.490 e. The molecule has 2 aromatic rings. The van der Waals surface area contributed by atoms with Crippen LogP contribution < -0.4 is 14.8 Å². The van der Waals surface area contributed by atoms with Crippen molar-refractivity contribution in [1.29, 1.82) is 0 Å². The Balaban J connectivity index is 1.73. The van der Waals surface area contributed by atoms with Crippen molar-refractivity contribution in [2.24, 2.45) is 0 Å². The maximum Gasteiger partial charge on any atom is 0.303 e. The number of carboxylic acid groups (broad SMARTS) is 1. The molecule has 0 aliphatic heterocycles. The number of rotatable bonds is 10. The molecule has 29 heavy (non-hydrogen) atoms. The second-order valence-electron chi connectivity index (χ2n) is 7.79. The normalized spacial score (nSPS) is 11.0. The van der Waals surface area contributed by atoms with Crippen molar-refractivity contribution in [3.8, 4) is 11.5 Å². The SMILES string of the molecule is CC(C)(C)c1ccc(OCCOc2cccc(CNC(=O)CCC(=O)O)c2)cc1. The third-order valence-electron chi connectivity index (χ3n) is 4.30. The van der Waals surface area contributed by atoms with Crippen LogP contribution in [0.4, 0.5) is 0 Å². The fourth-order valence-corrected chi connectivity index (χ4v) is 2.62. The second kappa shape index (κ2) is 10.5. The van der Waals surface area contributed by atoms with Gasteiger partial charge in [0.2, 0.25) is 5.91 Å². The molecule has 0 fully saturated rings. The van der Waals surface area contributed by atoms with E-state index in [-0.39, 0.29) is 24.2 Å². The molecule has 2 rings (SSSR count). The van der Waals surface area contributed by atoms with Crippen LogP contribution in [-0.2, 0) is 21.5 Å². The molecule has 0 atom stereocenters. The zero-order valence-electron chi connectivity index (χ0n) is 17.2. The molecule has 0 aromatic heterocycles. The first kappa shape index (κ1) is 22.3. The average molecular weight is 399 g/mol. The summed E-state index contributed by atoms with van der Waals surface area (Å²) in [6, 6.07) is 15.5. The maximum atomic E-state index is 11.6. The minimum atomic E-state index is -0.983. The number of amides is 1. The van der Waals surface area contributed by atoms with Crippen LogP contribution in [0.15, 0.2) is 48.5 Å². The van der Waals surface area contributed by atoms with E-state index < -0.39 is 5.97 Å². The van der Waals surface area contributed by atoms with Crippen LogP contribution >= 0.6 is 0 Å². The zero-order valence-corrected chi connectivity index (χ0v) is 17.2. The molecule has 0 saturated carbocycles. The van der Waals surface area contributed by atoms with Crippen molar-refractivity contribution in [3.63, 3.8) is 0 Å². The summed E-state index contributed by atoms with van der Waals surface area (Å²) in [4.78, 5) is 22.1. The van der Waals surface area contributed by atoms with E-state index in [9.17, 15) is 9.59 Å². The molecule has 6 nitrogen and oxygen atoms in total. The maximum absolute atomic E-state index is 11.6. The highest BCUT2D eigenvalue weighted by atomic mass is 16.5. The highest BCUT2D eigenvalue weighted by Gasteiger charge is 2.13. The number of carboxylic acids is 1. The fraction of sp³-hybridized carbons (Fsp3) is 0.391. The summed E-state index contributed by atoms with van der Waals surface area (Å²) in [7, 11) is 0. The molecule has 0 aliphatic rings. The monoisotopic (exact) mass is 399 g/mol. The van der Waals surface area contributed by atoms with Gasteiger partial charge in [0, 0.05) is 13.0 Å². The molecular formula is C23H29NO5. The van der Waals surface area contributed by atoms with Gasteiger partial charge in [0.05, 0.1) is 6.42 Å². The number of hydrogen-bond donors (Lipinski definition) is 2. The highest BCUT2D eigenvalue weighted by Crippen LogP contribution is 2.24. The topological polar surface area (TPSA) is 84.9 Å². The summed E-state index contributed by atoms with van der Waals surface area (Å²) in [6.07, 6.45) is -0.201. The van der Waals surface area contributed by atoms with Crippen molar-refractivity contribution >= 4 is 11.9 Å². The predicted molar refractivity (Wildman–Crippen MR) is 111 cm³/mol. The number of ether oxygens (including phenoxy) is 2. The van der Waals surface area contributed by atoms with Crippen molar-refractivity contribution in [1.82, 2.24) is 5.32 Å². The summed E-state index contributed by atoms with van der Waals surface area (Å²) >= 11 is 0. The third kappa shape index (κ3) is 8.25. The number of hydrogen-bond acceptors (Lipinski definition) is 4. The Morgan fingerprint density at radius 3 is 2.21 bits per heavy atom. The molecule has 0 bridgehead atoms. The lowest BCUT2D eigenvalue weighted by Gasteiger charge is -2.19. The summed E-state index contributed by atoms with van der Waals surface area (Å²) in [5.41, 5.74) is 2.25. The Morgan fingerprint density at radius 1 is 0.931 bits per heavy atom. The van der Waals surface area contributed by atoms with E-state index in [4.69, 9.17) is 14.6 Å². The highest BCUT2D eigenvalue weighted by molar-refractivity contribution is 5.80. The van der Waals surface area contributed by atoms with E-state index >= 15 is 0 Å². The van der Waals surface area contributed by atoms with E-state index in [2.05, 4.69) is 38.2 Å². The number of carbonyl (C=O) groups excluding carboxylic acids is 1. The first-order chi connectivity index (χ1) is 13.7. The molecule has 1 amide bonds.